The van der Waals surface area contributed by atoms with Gasteiger partial charge in [-0.1, -0.05) is 0 Å². The molecule has 0 amide bonds. The highest BCUT2D eigenvalue weighted by Gasteiger charge is 2.34. The molecule has 8 heteroatoms. The first-order valence-corrected chi connectivity index (χ1v) is 8.86. The van der Waals surface area contributed by atoms with Crippen LogP contribution in [0, 0.1) is 5.82 Å². The number of halogens is 1. The van der Waals surface area contributed by atoms with Gasteiger partial charge in [0.1, 0.15) is 5.56 Å². The lowest BCUT2D eigenvalue weighted by molar-refractivity contribution is -0.668. The molecular formula is C18H22FN4O3+. The fourth-order valence-corrected chi connectivity index (χ4v) is 3.98. The topological polar surface area (TPSA) is 69.7 Å². The lowest BCUT2D eigenvalue weighted by Crippen LogP contribution is -2.53. The van der Waals surface area contributed by atoms with E-state index < -0.39 is 17.2 Å². The Morgan fingerprint density at radius 2 is 2.00 bits per heavy atom. The second kappa shape index (κ2) is 6.05. The quantitative estimate of drug-likeness (QED) is 0.803. The maximum Gasteiger partial charge on any atom is 0.342 e. The van der Waals surface area contributed by atoms with Crippen molar-refractivity contribution >= 4 is 22.8 Å². The normalized spacial score (nSPS) is 20.6. The van der Waals surface area contributed by atoms with Gasteiger partial charge in [-0.3, -0.25) is 14.3 Å². The van der Waals surface area contributed by atoms with E-state index >= 15 is 4.39 Å². The maximum absolute atomic E-state index is 15.0. The molecule has 0 aromatic carbocycles. The number of hydrogen-bond donors (Lipinski definition) is 1. The van der Waals surface area contributed by atoms with Crippen molar-refractivity contribution in [2.75, 3.05) is 38.1 Å². The van der Waals surface area contributed by atoms with E-state index in [1.165, 1.54) is 12.3 Å². The van der Waals surface area contributed by atoms with Crippen molar-refractivity contribution in [1.82, 2.24) is 9.47 Å². The summed E-state index contributed by atoms with van der Waals surface area (Å²) in [4.78, 5) is 28.3. The monoisotopic (exact) mass is 361 g/mol. The summed E-state index contributed by atoms with van der Waals surface area (Å²) in [6, 6.07) is 1.25. The van der Waals surface area contributed by atoms with Gasteiger partial charge in [-0.25, -0.2) is 9.36 Å². The largest absolute Gasteiger partial charge is 0.477 e. The van der Waals surface area contributed by atoms with E-state index in [4.69, 9.17) is 0 Å². The molecule has 7 nitrogen and oxygen atoms in total. The number of nitrogens with zero attached hydrogens (tertiary/aromatic N) is 4. The highest BCUT2D eigenvalue weighted by atomic mass is 19.1. The molecule has 26 heavy (non-hydrogen) atoms. The minimum absolute atomic E-state index is 0.0435. The van der Waals surface area contributed by atoms with Crippen molar-refractivity contribution in [2.24, 2.45) is 0 Å². The number of carbonyl (C=O) groups is 1. The lowest BCUT2D eigenvalue weighted by Gasteiger charge is -2.33. The van der Waals surface area contributed by atoms with E-state index in [0.717, 1.165) is 19.5 Å². The molecule has 1 N–H and O–H groups in total. The third kappa shape index (κ3) is 2.47. The first-order valence-electron chi connectivity index (χ1n) is 8.86. The molecule has 0 bridgehead atoms. The molecule has 1 atom stereocenters. The van der Waals surface area contributed by atoms with Crippen LogP contribution in [0.1, 0.15) is 29.7 Å². The Morgan fingerprint density at radius 1 is 1.31 bits per heavy atom. The minimum atomic E-state index is -1.28. The number of aromatic carboxylic acids is 1. The Hall–Kier alpha value is -2.48. The molecule has 0 aliphatic carbocycles. The lowest BCUT2D eigenvalue weighted by atomic mass is 10.1. The standard InChI is InChI=1S/C18H21FN4O3/c1-11-3-4-22-16-12(15(24)13(18(25)26)10-23(11)16)9-14(19)17(22)21-7-5-20(2)6-8-21/h9-11H,3-8H2,1-2H3/p+1/t11-/m0/s1. The molecule has 0 radical (unpaired) electrons. The second-order valence-electron chi connectivity index (χ2n) is 7.22. The Morgan fingerprint density at radius 3 is 2.65 bits per heavy atom. The van der Waals surface area contributed by atoms with Crippen LogP contribution >= 0.6 is 0 Å². The van der Waals surface area contributed by atoms with E-state index in [-0.39, 0.29) is 17.0 Å². The molecule has 138 valence electrons. The number of carboxylic acid groups (broad SMARTS) is 1. The van der Waals surface area contributed by atoms with E-state index in [9.17, 15) is 14.7 Å². The van der Waals surface area contributed by atoms with E-state index in [1.807, 2.05) is 28.0 Å². The number of aromatic nitrogens is 2. The van der Waals surface area contributed by atoms with Crippen LogP contribution in [0.4, 0.5) is 10.2 Å². The van der Waals surface area contributed by atoms with Crippen molar-refractivity contribution in [2.45, 2.75) is 25.9 Å². The molecular weight excluding hydrogens is 339 g/mol. The Balaban J connectivity index is 2.00. The fraction of sp³-hybridized carbons (Fsp3) is 0.500. The number of carboxylic acids is 1. The van der Waals surface area contributed by atoms with Crippen LogP contribution in [0.2, 0.25) is 0 Å². The fourth-order valence-electron chi connectivity index (χ4n) is 3.98. The van der Waals surface area contributed by atoms with Crippen LogP contribution in [0.15, 0.2) is 17.1 Å². The van der Waals surface area contributed by atoms with Gasteiger partial charge in [0.2, 0.25) is 11.1 Å². The zero-order valence-corrected chi connectivity index (χ0v) is 14.9. The Kier molecular flexibility index (Phi) is 3.95. The van der Waals surface area contributed by atoms with Gasteiger partial charge in [-0.15, -0.1) is 0 Å². The number of hydrogen-bond acceptors (Lipinski definition) is 4. The third-order valence-corrected chi connectivity index (χ3v) is 5.52. The van der Waals surface area contributed by atoms with Gasteiger partial charge in [0.05, 0.1) is 37.3 Å². The summed E-state index contributed by atoms with van der Waals surface area (Å²) in [6.07, 6.45) is 2.15. The first kappa shape index (κ1) is 17.0. The van der Waals surface area contributed by atoms with Crippen molar-refractivity contribution in [1.29, 1.82) is 0 Å². The number of rotatable bonds is 2. The molecule has 2 aliphatic heterocycles. The molecule has 1 fully saturated rings. The SMILES string of the molecule is C[C@H]1CC[n+]2c(N3CCN(C)CC3)c(F)cc3c(=O)c(C(=O)O)cn1c32. The van der Waals surface area contributed by atoms with Gasteiger partial charge < -0.3 is 10.0 Å². The Labute approximate surface area is 149 Å². The summed E-state index contributed by atoms with van der Waals surface area (Å²) in [7, 11) is 2.04. The van der Waals surface area contributed by atoms with Crippen LogP contribution in [0.3, 0.4) is 0 Å². The summed E-state index contributed by atoms with van der Waals surface area (Å²) in [6.45, 7) is 5.70. The number of anilines is 1. The van der Waals surface area contributed by atoms with Gasteiger partial charge in [0.15, 0.2) is 5.82 Å². The number of aryl methyl sites for hydroxylation is 1. The average molecular weight is 361 g/mol. The summed E-state index contributed by atoms with van der Waals surface area (Å²) < 4.78 is 18.7. The summed E-state index contributed by atoms with van der Waals surface area (Å²) in [5.41, 5.74) is -0.339. The van der Waals surface area contributed by atoms with Crippen molar-refractivity contribution in [3.63, 3.8) is 0 Å². The molecule has 2 aromatic rings. The highest BCUT2D eigenvalue weighted by Crippen LogP contribution is 2.27. The van der Waals surface area contributed by atoms with Crippen molar-refractivity contribution < 1.29 is 18.9 Å². The molecule has 0 unspecified atom stereocenters. The van der Waals surface area contributed by atoms with Crippen LogP contribution in [-0.4, -0.2) is 53.8 Å². The Bertz CT molecular complexity index is 963. The van der Waals surface area contributed by atoms with E-state index in [1.54, 1.807) is 0 Å². The average Bonchev–Trinajstić information content (AvgIpc) is 2.60. The molecule has 4 heterocycles. The van der Waals surface area contributed by atoms with Gasteiger partial charge in [-0.2, -0.15) is 4.39 Å². The molecule has 0 spiro atoms. The number of likely N-dealkylation sites (N-methyl/N-ethyl adjacent to an activating group) is 1. The predicted molar refractivity (Wildman–Crippen MR) is 94.4 cm³/mol. The molecule has 2 aliphatic rings. The zero-order valence-electron chi connectivity index (χ0n) is 14.9. The van der Waals surface area contributed by atoms with E-state index in [2.05, 4.69) is 4.90 Å². The summed E-state index contributed by atoms with van der Waals surface area (Å²) in [5, 5.41) is 9.48. The summed E-state index contributed by atoms with van der Waals surface area (Å²) in [5.74, 6) is -1.26. The molecule has 4 rings (SSSR count). The summed E-state index contributed by atoms with van der Waals surface area (Å²) >= 11 is 0. The van der Waals surface area contributed by atoms with E-state index in [0.29, 0.717) is 31.1 Å². The number of pyridine rings is 2. The van der Waals surface area contributed by atoms with Crippen LogP contribution in [0.25, 0.3) is 11.0 Å². The van der Waals surface area contributed by atoms with Gasteiger partial charge >= 0.3 is 5.97 Å². The first-order chi connectivity index (χ1) is 12.4. The molecule has 1 saturated heterocycles. The van der Waals surface area contributed by atoms with Gasteiger partial charge in [0, 0.05) is 19.5 Å². The van der Waals surface area contributed by atoms with Crippen molar-refractivity contribution in [3.8, 4) is 0 Å². The maximum atomic E-state index is 15.0. The molecule has 0 saturated carbocycles. The van der Waals surface area contributed by atoms with Crippen molar-refractivity contribution in [3.05, 3.63) is 33.9 Å². The second-order valence-corrected chi connectivity index (χ2v) is 7.22. The van der Waals surface area contributed by atoms with Gasteiger partial charge in [0.25, 0.3) is 5.82 Å². The minimum Gasteiger partial charge on any atom is -0.477 e. The highest BCUT2D eigenvalue weighted by molar-refractivity contribution is 5.91. The van der Waals surface area contributed by atoms with Crippen LogP contribution < -0.4 is 14.9 Å². The zero-order chi connectivity index (χ0) is 18.6. The number of piperazine rings is 1. The third-order valence-electron chi connectivity index (χ3n) is 5.52. The van der Waals surface area contributed by atoms with Crippen LogP contribution in [-0.2, 0) is 6.54 Å². The van der Waals surface area contributed by atoms with Crippen LogP contribution in [0.5, 0.6) is 0 Å². The predicted octanol–water partition coefficient (Wildman–Crippen LogP) is 0.843. The molecule has 2 aromatic heterocycles. The smallest absolute Gasteiger partial charge is 0.342 e. The van der Waals surface area contributed by atoms with Gasteiger partial charge in [-0.05, 0) is 20.0 Å².